The van der Waals surface area contributed by atoms with Crippen molar-refractivity contribution in [1.29, 1.82) is 0 Å². The van der Waals surface area contributed by atoms with Crippen LogP contribution < -0.4 is 5.32 Å². The third kappa shape index (κ3) is 4.10. The topological polar surface area (TPSA) is 32.3 Å². The molecule has 1 aromatic carbocycles. The summed E-state index contributed by atoms with van der Waals surface area (Å²) in [4.78, 5) is 0. The SMILES string of the molecule is OC(CNCCc1ccsc1)c1ccc(Cl)cc1. The Morgan fingerprint density at radius 1 is 1.22 bits per heavy atom. The van der Waals surface area contributed by atoms with E-state index in [9.17, 15) is 5.11 Å². The number of aliphatic hydroxyl groups is 1. The van der Waals surface area contributed by atoms with Crippen LogP contribution in [-0.4, -0.2) is 18.2 Å². The van der Waals surface area contributed by atoms with Crippen LogP contribution in [0.5, 0.6) is 0 Å². The normalized spacial score (nSPS) is 12.6. The molecule has 0 bridgehead atoms. The van der Waals surface area contributed by atoms with Crippen LogP contribution in [0.2, 0.25) is 5.02 Å². The molecule has 2 nitrogen and oxygen atoms in total. The van der Waals surface area contributed by atoms with Crippen molar-refractivity contribution in [2.24, 2.45) is 0 Å². The Kier molecular flexibility index (Phi) is 5.20. The summed E-state index contributed by atoms with van der Waals surface area (Å²) in [7, 11) is 0. The van der Waals surface area contributed by atoms with Crippen molar-refractivity contribution in [3.63, 3.8) is 0 Å². The maximum absolute atomic E-state index is 9.97. The van der Waals surface area contributed by atoms with Crippen molar-refractivity contribution in [2.45, 2.75) is 12.5 Å². The second-order valence-corrected chi connectivity index (χ2v) is 5.37. The van der Waals surface area contributed by atoms with Gasteiger partial charge >= 0.3 is 0 Å². The van der Waals surface area contributed by atoms with Gasteiger partial charge in [0.15, 0.2) is 0 Å². The zero-order valence-corrected chi connectivity index (χ0v) is 11.5. The Morgan fingerprint density at radius 3 is 2.67 bits per heavy atom. The van der Waals surface area contributed by atoms with Crippen LogP contribution >= 0.6 is 22.9 Å². The fraction of sp³-hybridized carbons (Fsp3) is 0.286. The van der Waals surface area contributed by atoms with Crippen molar-refractivity contribution < 1.29 is 5.11 Å². The molecule has 18 heavy (non-hydrogen) atoms. The second-order valence-electron chi connectivity index (χ2n) is 4.15. The minimum absolute atomic E-state index is 0.482. The number of thiophene rings is 1. The van der Waals surface area contributed by atoms with Crippen LogP contribution in [0.15, 0.2) is 41.1 Å². The predicted octanol–water partition coefficient (Wildman–Crippen LogP) is 3.27. The lowest BCUT2D eigenvalue weighted by Gasteiger charge is -2.12. The molecule has 0 radical (unpaired) electrons. The van der Waals surface area contributed by atoms with Crippen molar-refractivity contribution in [2.75, 3.05) is 13.1 Å². The molecule has 2 N–H and O–H groups in total. The highest BCUT2D eigenvalue weighted by Crippen LogP contribution is 2.15. The summed E-state index contributed by atoms with van der Waals surface area (Å²) < 4.78 is 0. The molecule has 0 spiro atoms. The average molecular weight is 282 g/mol. The highest BCUT2D eigenvalue weighted by Gasteiger charge is 2.06. The third-order valence-electron chi connectivity index (χ3n) is 2.76. The molecule has 1 atom stereocenters. The number of aliphatic hydroxyl groups excluding tert-OH is 1. The van der Waals surface area contributed by atoms with Gasteiger partial charge in [0.2, 0.25) is 0 Å². The molecule has 1 aromatic heterocycles. The number of nitrogens with one attached hydrogen (secondary N) is 1. The van der Waals surface area contributed by atoms with E-state index in [1.165, 1.54) is 5.56 Å². The summed E-state index contributed by atoms with van der Waals surface area (Å²) in [5.74, 6) is 0. The first-order chi connectivity index (χ1) is 8.75. The quantitative estimate of drug-likeness (QED) is 0.797. The summed E-state index contributed by atoms with van der Waals surface area (Å²) in [5.41, 5.74) is 2.23. The van der Waals surface area contributed by atoms with E-state index in [0.29, 0.717) is 11.6 Å². The van der Waals surface area contributed by atoms with Crippen molar-refractivity contribution in [3.05, 3.63) is 57.2 Å². The molecule has 2 aromatic rings. The molecular formula is C14H16ClNOS. The molecular weight excluding hydrogens is 266 g/mol. The highest BCUT2D eigenvalue weighted by atomic mass is 35.5. The third-order valence-corrected chi connectivity index (χ3v) is 3.75. The maximum atomic E-state index is 9.97. The van der Waals surface area contributed by atoms with Gasteiger partial charge in [-0.05, 0) is 53.1 Å². The number of rotatable bonds is 6. The van der Waals surface area contributed by atoms with E-state index in [0.717, 1.165) is 18.5 Å². The summed E-state index contributed by atoms with van der Waals surface area (Å²) >= 11 is 7.52. The van der Waals surface area contributed by atoms with Crippen LogP contribution in [-0.2, 0) is 6.42 Å². The fourth-order valence-corrected chi connectivity index (χ4v) is 2.54. The number of halogens is 1. The maximum Gasteiger partial charge on any atom is 0.0914 e. The summed E-state index contributed by atoms with van der Waals surface area (Å²) in [6.45, 7) is 1.44. The van der Waals surface area contributed by atoms with E-state index in [1.54, 1.807) is 23.5 Å². The molecule has 0 saturated heterocycles. The average Bonchev–Trinajstić information content (AvgIpc) is 2.88. The van der Waals surface area contributed by atoms with E-state index in [2.05, 4.69) is 22.1 Å². The predicted molar refractivity (Wildman–Crippen MR) is 77.3 cm³/mol. The lowest BCUT2D eigenvalue weighted by Crippen LogP contribution is -2.23. The Labute approximate surface area is 116 Å². The van der Waals surface area contributed by atoms with Gasteiger partial charge in [0.1, 0.15) is 0 Å². The van der Waals surface area contributed by atoms with Gasteiger partial charge in [-0.1, -0.05) is 23.7 Å². The molecule has 4 heteroatoms. The van der Waals surface area contributed by atoms with Crippen LogP contribution in [0.1, 0.15) is 17.2 Å². The first-order valence-corrected chi connectivity index (χ1v) is 7.23. The first kappa shape index (κ1) is 13.6. The smallest absolute Gasteiger partial charge is 0.0914 e. The summed E-state index contributed by atoms with van der Waals surface area (Å²) in [6.07, 6.45) is 0.515. The lowest BCUT2D eigenvalue weighted by atomic mass is 10.1. The van der Waals surface area contributed by atoms with Gasteiger partial charge in [0.05, 0.1) is 6.10 Å². The van der Waals surface area contributed by atoms with E-state index in [1.807, 2.05) is 12.1 Å². The molecule has 2 rings (SSSR count). The largest absolute Gasteiger partial charge is 0.387 e. The zero-order chi connectivity index (χ0) is 12.8. The molecule has 0 aliphatic heterocycles. The van der Waals surface area contributed by atoms with Gasteiger partial charge in [-0.15, -0.1) is 0 Å². The molecule has 0 fully saturated rings. The van der Waals surface area contributed by atoms with Gasteiger partial charge in [0, 0.05) is 11.6 Å². The van der Waals surface area contributed by atoms with Gasteiger partial charge in [0.25, 0.3) is 0 Å². The summed E-state index contributed by atoms with van der Waals surface area (Å²) in [5, 5.41) is 18.1. The summed E-state index contributed by atoms with van der Waals surface area (Å²) in [6, 6.07) is 9.43. The van der Waals surface area contributed by atoms with E-state index < -0.39 is 6.10 Å². The Hall–Kier alpha value is -0.870. The van der Waals surface area contributed by atoms with Crippen LogP contribution in [0.25, 0.3) is 0 Å². The van der Waals surface area contributed by atoms with Crippen molar-refractivity contribution >= 4 is 22.9 Å². The Morgan fingerprint density at radius 2 is 2.00 bits per heavy atom. The minimum Gasteiger partial charge on any atom is -0.387 e. The first-order valence-electron chi connectivity index (χ1n) is 5.91. The molecule has 96 valence electrons. The van der Waals surface area contributed by atoms with E-state index >= 15 is 0 Å². The van der Waals surface area contributed by atoms with Crippen LogP contribution in [0, 0.1) is 0 Å². The van der Waals surface area contributed by atoms with Crippen molar-refractivity contribution in [3.8, 4) is 0 Å². The zero-order valence-electron chi connectivity index (χ0n) is 9.97. The van der Waals surface area contributed by atoms with E-state index in [4.69, 9.17) is 11.6 Å². The van der Waals surface area contributed by atoms with Gasteiger partial charge in [-0.2, -0.15) is 11.3 Å². The van der Waals surface area contributed by atoms with Crippen molar-refractivity contribution in [1.82, 2.24) is 5.32 Å². The van der Waals surface area contributed by atoms with Gasteiger partial charge in [-0.3, -0.25) is 0 Å². The van der Waals surface area contributed by atoms with Crippen LogP contribution in [0.3, 0.4) is 0 Å². The lowest BCUT2D eigenvalue weighted by molar-refractivity contribution is 0.175. The van der Waals surface area contributed by atoms with Gasteiger partial charge in [-0.25, -0.2) is 0 Å². The van der Waals surface area contributed by atoms with Crippen LogP contribution in [0.4, 0.5) is 0 Å². The van der Waals surface area contributed by atoms with E-state index in [-0.39, 0.29) is 0 Å². The monoisotopic (exact) mass is 281 g/mol. The van der Waals surface area contributed by atoms with Gasteiger partial charge < -0.3 is 10.4 Å². The fourth-order valence-electron chi connectivity index (χ4n) is 1.71. The molecule has 0 aliphatic carbocycles. The molecule has 1 unspecified atom stereocenters. The Balaban J connectivity index is 1.71. The molecule has 0 amide bonds. The standard InChI is InChI=1S/C14H16ClNOS/c15-13-3-1-12(2-4-13)14(17)9-16-7-5-11-6-8-18-10-11/h1-4,6,8,10,14,16-17H,5,7,9H2. The minimum atomic E-state index is -0.482. The number of hydrogen-bond donors (Lipinski definition) is 2. The second kappa shape index (κ2) is 6.90. The molecule has 0 aliphatic rings. The Bertz CT molecular complexity index is 455. The number of hydrogen-bond acceptors (Lipinski definition) is 3. The number of benzene rings is 1. The highest BCUT2D eigenvalue weighted by molar-refractivity contribution is 7.07. The molecule has 1 heterocycles. The molecule has 0 saturated carbocycles.